The molecular weight excluding hydrogens is 140 g/mol. The molecule has 1 aromatic carbocycles. The van der Waals surface area contributed by atoms with E-state index in [9.17, 15) is 0 Å². The molecule has 0 aliphatic heterocycles. The predicted octanol–water partition coefficient (Wildman–Crippen LogP) is 1.93. The second kappa shape index (κ2) is 3.33. The van der Waals surface area contributed by atoms with Gasteiger partial charge in [-0.25, -0.2) is 0 Å². The van der Waals surface area contributed by atoms with Crippen molar-refractivity contribution in [2.75, 3.05) is 0 Å². The van der Waals surface area contributed by atoms with E-state index in [1.807, 2.05) is 0 Å². The van der Waals surface area contributed by atoms with Gasteiger partial charge < -0.3 is 5.11 Å². The van der Waals surface area contributed by atoms with Crippen LogP contribution in [0.15, 0.2) is 24.3 Å². The first-order valence-electron chi connectivity index (χ1n) is 2.24. The third-order valence-corrected chi connectivity index (χ3v) is 1.17. The second-order valence-electron chi connectivity index (χ2n) is 1.45. The summed E-state index contributed by atoms with van der Waals surface area (Å²) in [7, 11) is 0. The van der Waals surface area contributed by atoms with Crippen LogP contribution in [0, 0.1) is 0 Å². The summed E-state index contributed by atoms with van der Waals surface area (Å²) in [6, 6.07) is 6.67. The molecule has 1 N–H and O–H groups in total. The van der Waals surface area contributed by atoms with E-state index in [-0.39, 0.29) is 11.2 Å². The zero-order valence-electron chi connectivity index (χ0n) is 4.54. The summed E-state index contributed by atoms with van der Waals surface area (Å²) >= 11 is 5.46. The molecule has 1 aromatic rings. The van der Waals surface area contributed by atoms with E-state index in [1.54, 1.807) is 24.3 Å². The Labute approximate surface area is 58.0 Å². The van der Waals surface area contributed by atoms with Gasteiger partial charge >= 0.3 is 0 Å². The summed E-state index contributed by atoms with van der Waals surface area (Å²) < 4.78 is 0. The number of phenols is 1. The number of para-hydroxylation sites is 1. The molecule has 0 saturated carbocycles. The van der Waals surface area contributed by atoms with Crippen LogP contribution in [0.25, 0.3) is 0 Å². The van der Waals surface area contributed by atoms with E-state index in [1.165, 1.54) is 0 Å². The van der Waals surface area contributed by atoms with E-state index >= 15 is 0 Å². The highest BCUT2D eigenvalue weighted by Gasteiger charge is 1.89. The molecule has 0 aliphatic rings. The Morgan fingerprint density at radius 3 is 2.11 bits per heavy atom. The lowest BCUT2D eigenvalue weighted by Crippen LogP contribution is -1.62. The first-order valence-corrected chi connectivity index (χ1v) is 2.62. The molecule has 2 radical (unpaired) electrons. The Hall–Kier alpha value is -0.730. The molecule has 0 spiro atoms. The summed E-state index contributed by atoms with van der Waals surface area (Å²) in [4.78, 5) is 0. The van der Waals surface area contributed by atoms with Crippen LogP contribution in [0.5, 0.6) is 5.75 Å². The Balaban J connectivity index is 0.000000640. The van der Waals surface area contributed by atoms with Gasteiger partial charge in [-0.1, -0.05) is 23.7 Å². The normalized spacial score (nSPS) is 8.11. The third kappa shape index (κ3) is 1.91. The van der Waals surface area contributed by atoms with Crippen LogP contribution in [0.1, 0.15) is 0 Å². The lowest BCUT2D eigenvalue weighted by atomic mass is 10.3. The van der Waals surface area contributed by atoms with E-state index in [0.29, 0.717) is 5.02 Å². The molecule has 0 fully saturated rings. The Bertz CT molecular complexity index is 167. The predicted molar refractivity (Wildman–Crippen MR) is 33.8 cm³/mol. The minimum absolute atomic E-state index is 0. The van der Waals surface area contributed by atoms with Crippen molar-refractivity contribution in [3.63, 3.8) is 0 Å². The average molecular weight is 145 g/mol. The molecule has 0 aromatic heterocycles. The molecule has 2 nitrogen and oxygen atoms in total. The fourth-order valence-electron chi connectivity index (χ4n) is 0.452. The van der Waals surface area contributed by atoms with Crippen LogP contribution in [0.4, 0.5) is 0 Å². The van der Waals surface area contributed by atoms with Crippen LogP contribution < -0.4 is 0 Å². The van der Waals surface area contributed by atoms with Crippen LogP contribution in [-0.2, 0) is 5.48 Å². The number of phenolic OH excluding ortho intramolecular Hbond substituents is 1. The summed E-state index contributed by atoms with van der Waals surface area (Å²) in [5.41, 5.74) is 0. The van der Waals surface area contributed by atoms with Gasteiger partial charge in [0.25, 0.3) is 0 Å². The van der Waals surface area contributed by atoms with E-state index < -0.39 is 0 Å². The fourth-order valence-corrected chi connectivity index (χ4v) is 0.587. The van der Waals surface area contributed by atoms with E-state index in [4.69, 9.17) is 16.7 Å². The summed E-state index contributed by atoms with van der Waals surface area (Å²) in [5.74, 6) is 0.133. The fraction of sp³-hybridized carbons (Fsp3) is 0. The van der Waals surface area contributed by atoms with Crippen LogP contribution >= 0.6 is 11.6 Å². The zero-order valence-corrected chi connectivity index (χ0v) is 5.30. The molecule has 0 amide bonds. The van der Waals surface area contributed by atoms with Crippen molar-refractivity contribution >= 4 is 11.6 Å². The van der Waals surface area contributed by atoms with Crippen molar-refractivity contribution < 1.29 is 10.6 Å². The Morgan fingerprint density at radius 2 is 1.78 bits per heavy atom. The lowest BCUT2D eigenvalue weighted by Gasteiger charge is -1.89. The highest BCUT2D eigenvalue weighted by molar-refractivity contribution is 6.31. The molecule has 0 bridgehead atoms. The highest BCUT2D eigenvalue weighted by Crippen LogP contribution is 2.20. The molecule has 3 heteroatoms. The third-order valence-electron chi connectivity index (χ3n) is 0.852. The van der Waals surface area contributed by atoms with Gasteiger partial charge in [-0.3, -0.25) is 0 Å². The van der Waals surface area contributed by atoms with Crippen LogP contribution in [0.2, 0.25) is 5.02 Å². The molecule has 0 heterocycles. The molecule has 48 valence electrons. The van der Waals surface area contributed by atoms with Crippen LogP contribution in [-0.4, -0.2) is 5.11 Å². The van der Waals surface area contributed by atoms with Crippen molar-refractivity contribution in [2.45, 2.75) is 0 Å². The van der Waals surface area contributed by atoms with Gasteiger partial charge in [0.2, 0.25) is 0 Å². The van der Waals surface area contributed by atoms with Crippen molar-refractivity contribution in [1.29, 1.82) is 0 Å². The standard InChI is InChI=1S/C6H5ClO.O/c7-5-3-1-2-4-6(5)8;/h1-4,8H;. The molecule has 9 heavy (non-hydrogen) atoms. The van der Waals surface area contributed by atoms with Gasteiger partial charge in [-0.05, 0) is 12.1 Å². The quantitative estimate of drug-likeness (QED) is 0.594. The maximum atomic E-state index is 8.79. The average Bonchev–Trinajstić information content (AvgIpc) is 1.77. The van der Waals surface area contributed by atoms with Gasteiger partial charge in [0.15, 0.2) is 0 Å². The Morgan fingerprint density at radius 1 is 1.22 bits per heavy atom. The summed E-state index contributed by atoms with van der Waals surface area (Å²) in [5, 5.41) is 9.18. The smallest absolute Gasteiger partial charge is 0.134 e. The maximum absolute atomic E-state index is 8.79. The molecule has 1 rings (SSSR count). The van der Waals surface area contributed by atoms with Gasteiger partial charge in [-0.15, -0.1) is 0 Å². The van der Waals surface area contributed by atoms with E-state index in [0.717, 1.165) is 0 Å². The monoisotopic (exact) mass is 144 g/mol. The number of rotatable bonds is 0. The lowest BCUT2D eigenvalue weighted by molar-refractivity contribution is 0.475. The first-order chi connectivity index (χ1) is 3.80. The SMILES string of the molecule is Oc1ccccc1Cl.[O]. The number of hydrogen-bond acceptors (Lipinski definition) is 1. The minimum Gasteiger partial charge on any atom is -0.506 e. The van der Waals surface area contributed by atoms with Gasteiger partial charge in [0, 0.05) is 5.48 Å². The maximum Gasteiger partial charge on any atom is 0.134 e. The topological polar surface area (TPSA) is 48.7 Å². The number of hydrogen-bond donors (Lipinski definition) is 1. The number of halogens is 1. The molecule has 0 saturated heterocycles. The van der Waals surface area contributed by atoms with Gasteiger partial charge in [0.05, 0.1) is 5.02 Å². The molecular formula is C6H5ClO2. The Kier molecular flexibility index (Phi) is 3.06. The molecule has 0 unspecified atom stereocenters. The van der Waals surface area contributed by atoms with Crippen LogP contribution in [0.3, 0.4) is 0 Å². The molecule has 0 atom stereocenters. The van der Waals surface area contributed by atoms with Crippen molar-refractivity contribution in [3.8, 4) is 5.75 Å². The molecule has 0 aliphatic carbocycles. The second-order valence-corrected chi connectivity index (χ2v) is 1.86. The van der Waals surface area contributed by atoms with E-state index in [2.05, 4.69) is 0 Å². The van der Waals surface area contributed by atoms with Gasteiger partial charge in [-0.2, -0.15) is 0 Å². The minimum atomic E-state index is 0. The number of aromatic hydroxyl groups is 1. The largest absolute Gasteiger partial charge is 0.506 e. The number of benzene rings is 1. The van der Waals surface area contributed by atoms with Crippen molar-refractivity contribution in [2.24, 2.45) is 0 Å². The summed E-state index contributed by atoms with van der Waals surface area (Å²) in [6.07, 6.45) is 0. The van der Waals surface area contributed by atoms with Crippen molar-refractivity contribution in [3.05, 3.63) is 29.3 Å². The zero-order chi connectivity index (χ0) is 5.98. The first kappa shape index (κ1) is 8.27. The highest BCUT2D eigenvalue weighted by atomic mass is 35.5. The van der Waals surface area contributed by atoms with Crippen molar-refractivity contribution in [1.82, 2.24) is 0 Å². The summed E-state index contributed by atoms with van der Waals surface area (Å²) in [6.45, 7) is 0. The van der Waals surface area contributed by atoms with Gasteiger partial charge in [0.1, 0.15) is 5.75 Å².